The fourth-order valence-corrected chi connectivity index (χ4v) is 11.4. The molecule has 0 spiro atoms. The highest BCUT2D eigenvalue weighted by Gasteiger charge is 2.30. The van der Waals surface area contributed by atoms with Crippen molar-refractivity contribution in [2.45, 2.75) is 316 Å². The van der Waals surface area contributed by atoms with E-state index in [4.69, 9.17) is 37.0 Å². The predicted molar refractivity (Wildman–Crippen MR) is 408 cm³/mol. The van der Waals surface area contributed by atoms with Crippen molar-refractivity contribution in [3.63, 3.8) is 0 Å². The molecule has 17 nitrogen and oxygen atoms in total. The highest BCUT2D eigenvalue weighted by Crippen LogP contribution is 2.45. The molecular weight excluding hydrogens is 1310 g/mol. The van der Waals surface area contributed by atoms with Crippen molar-refractivity contribution in [3.8, 4) is 0 Å². The summed E-state index contributed by atoms with van der Waals surface area (Å²) in [6.07, 6.45) is 80.5. The second-order valence-corrected chi connectivity index (χ2v) is 28.1. The number of hydrogen-bond donors (Lipinski definition) is 3. The first-order chi connectivity index (χ1) is 48.7. The van der Waals surface area contributed by atoms with Crippen LogP contribution in [-0.4, -0.2) is 96.7 Å². The Morgan fingerprint density at radius 3 is 0.940 bits per heavy atom. The third-order valence-electron chi connectivity index (χ3n) is 15.6. The van der Waals surface area contributed by atoms with Gasteiger partial charge in [0.2, 0.25) is 0 Å². The van der Waals surface area contributed by atoms with Crippen LogP contribution in [0.2, 0.25) is 0 Å². The summed E-state index contributed by atoms with van der Waals surface area (Å²) in [6.45, 7) is 4.45. The number of hydrogen-bond acceptors (Lipinski definition) is 15. The van der Waals surface area contributed by atoms with Crippen LogP contribution in [0.3, 0.4) is 0 Å². The SMILES string of the molecule is CC/C=C\C/C=C\C/C=C\C/C=C\C/C=C\CCCCCC(=O)OCC(COP(=O)(O)OCC(O)COP(=O)(O)OCC(COC(=O)C/C=C\C/C=C\C/C=C\C/C=C\C/C=C\CC)OC(=O)CCCCCCC/C=C\CCCC)OC(=O)CCCCCCCCCCCCCCCCC. The smallest absolute Gasteiger partial charge is 0.462 e. The maximum Gasteiger partial charge on any atom is 0.472 e. The third-order valence-corrected chi connectivity index (χ3v) is 17.5. The van der Waals surface area contributed by atoms with Crippen molar-refractivity contribution < 1.29 is 80.2 Å². The maximum absolute atomic E-state index is 13.1. The molecule has 0 amide bonds. The summed E-state index contributed by atoms with van der Waals surface area (Å²) in [5, 5.41) is 10.6. The average molecular weight is 1440 g/mol. The summed E-state index contributed by atoms with van der Waals surface area (Å²) in [7, 11) is -9.99. The van der Waals surface area contributed by atoms with Crippen LogP contribution in [0.15, 0.2) is 134 Å². The molecule has 0 bridgehead atoms. The fraction of sp³-hybridized carbons (Fsp3) is 0.679. The van der Waals surface area contributed by atoms with E-state index in [0.29, 0.717) is 25.7 Å². The number of carbonyl (C=O) groups excluding carboxylic acids is 4. The van der Waals surface area contributed by atoms with E-state index in [1.165, 1.54) is 77.0 Å². The molecule has 5 atom stereocenters. The van der Waals surface area contributed by atoms with E-state index >= 15 is 0 Å². The van der Waals surface area contributed by atoms with Gasteiger partial charge in [0.15, 0.2) is 12.2 Å². The largest absolute Gasteiger partial charge is 0.472 e. The van der Waals surface area contributed by atoms with Crippen LogP contribution in [0.4, 0.5) is 0 Å². The molecule has 0 aliphatic rings. The zero-order valence-electron chi connectivity index (χ0n) is 62.3. The number of aliphatic hydroxyl groups is 1. The molecule has 0 aromatic heterocycles. The number of ether oxygens (including phenoxy) is 4. The van der Waals surface area contributed by atoms with Gasteiger partial charge in [-0.3, -0.25) is 37.3 Å². The molecule has 19 heteroatoms. The van der Waals surface area contributed by atoms with Gasteiger partial charge in [-0.2, -0.15) is 0 Å². The van der Waals surface area contributed by atoms with Crippen LogP contribution >= 0.6 is 15.6 Å². The van der Waals surface area contributed by atoms with Crippen molar-refractivity contribution in [2.24, 2.45) is 0 Å². The van der Waals surface area contributed by atoms with Crippen LogP contribution in [-0.2, 0) is 65.4 Å². The minimum absolute atomic E-state index is 0.0620. The van der Waals surface area contributed by atoms with Crippen molar-refractivity contribution in [3.05, 3.63) is 134 Å². The lowest BCUT2D eigenvalue weighted by atomic mass is 10.0. The molecule has 0 rings (SSSR count). The molecule has 0 heterocycles. The van der Waals surface area contributed by atoms with Gasteiger partial charge < -0.3 is 33.8 Å². The highest BCUT2D eigenvalue weighted by molar-refractivity contribution is 7.47. The Labute approximate surface area is 605 Å². The van der Waals surface area contributed by atoms with Gasteiger partial charge >= 0.3 is 39.5 Å². The minimum Gasteiger partial charge on any atom is -0.462 e. The lowest BCUT2D eigenvalue weighted by Gasteiger charge is -2.21. The van der Waals surface area contributed by atoms with E-state index in [2.05, 4.69) is 137 Å². The number of allylic oxidation sites excluding steroid dienone is 21. The molecule has 0 aliphatic carbocycles. The third kappa shape index (κ3) is 71.6. The molecule has 5 unspecified atom stereocenters. The number of esters is 4. The van der Waals surface area contributed by atoms with E-state index in [0.717, 1.165) is 141 Å². The summed E-state index contributed by atoms with van der Waals surface area (Å²) >= 11 is 0. The topological polar surface area (TPSA) is 237 Å². The van der Waals surface area contributed by atoms with Gasteiger partial charge in [0.25, 0.3) is 0 Å². The molecule has 572 valence electrons. The highest BCUT2D eigenvalue weighted by atomic mass is 31.2. The molecule has 0 aromatic rings. The van der Waals surface area contributed by atoms with Crippen LogP contribution in [0.5, 0.6) is 0 Å². The van der Waals surface area contributed by atoms with Crippen molar-refractivity contribution >= 4 is 39.5 Å². The van der Waals surface area contributed by atoms with Gasteiger partial charge in [-0.05, 0) is 116 Å². The number of carbonyl (C=O) groups is 4. The Balaban J connectivity index is 5.42. The molecule has 100 heavy (non-hydrogen) atoms. The normalized spacial score (nSPS) is 14.7. The number of aliphatic hydroxyl groups excluding tert-OH is 1. The van der Waals surface area contributed by atoms with Gasteiger partial charge in [-0.25, -0.2) is 9.13 Å². The molecule has 3 N–H and O–H groups in total. The molecular formula is C81H136O17P2. The van der Waals surface area contributed by atoms with Gasteiger partial charge in [0.05, 0.1) is 32.8 Å². The van der Waals surface area contributed by atoms with Gasteiger partial charge in [0, 0.05) is 19.3 Å². The first kappa shape index (κ1) is 95.2. The first-order valence-electron chi connectivity index (χ1n) is 38.4. The van der Waals surface area contributed by atoms with E-state index in [1.54, 1.807) is 6.08 Å². The first-order valence-corrected chi connectivity index (χ1v) is 41.4. The van der Waals surface area contributed by atoms with E-state index in [1.807, 2.05) is 18.2 Å². The zero-order valence-corrected chi connectivity index (χ0v) is 64.1. The van der Waals surface area contributed by atoms with Gasteiger partial charge in [0.1, 0.15) is 19.3 Å². The standard InChI is InChI=1S/C81H136O17P2/c1-5-9-13-17-21-25-29-32-35-36-37-38-41-43-47-50-54-58-62-66-79(84)92-72-77(98-81(86)68-64-60-56-52-48-44-40-34-31-27-23-19-15-11-7-3)74-96-100(89,90)94-70-75(82)69-93-99(87,88)95-73-76(97-80(85)67-63-59-55-51-45-28-24-20-16-12-8-4)71-91-78(83)65-61-57-53-49-46-42-39-33-30-26-22-18-14-10-6-2/h9-10,13-14,20-22,24-26,32-33,35,37-39,43,46-47,49,57,61,75-77,82H,5-8,11-12,15-19,23,27-31,34,36,40-42,44-45,48,50-56,58-60,62-74H2,1-4H3,(H,87,88)(H,89,90)/b13-9-,14-10-,24-20-,25-21-,26-22-,35-32-,38-37-,39-33-,47-43-,49-46-,61-57-. The van der Waals surface area contributed by atoms with E-state index in [9.17, 15) is 43.2 Å². The molecule has 0 aliphatic heterocycles. The van der Waals surface area contributed by atoms with Crippen molar-refractivity contribution in [2.75, 3.05) is 39.6 Å². The Bertz CT molecular complexity index is 2420. The molecule has 0 fully saturated rings. The lowest BCUT2D eigenvalue weighted by molar-refractivity contribution is -0.161. The fourth-order valence-electron chi connectivity index (χ4n) is 9.83. The Morgan fingerprint density at radius 1 is 0.300 bits per heavy atom. The molecule has 0 aromatic carbocycles. The van der Waals surface area contributed by atoms with Crippen LogP contribution in [0.25, 0.3) is 0 Å². The number of phosphoric ester groups is 2. The van der Waals surface area contributed by atoms with Crippen molar-refractivity contribution in [1.82, 2.24) is 0 Å². The summed E-state index contributed by atoms with van der Waals surface area (Å²) in [5.41, 5.74) is 0. The monoisotopic (exact) mass is 1440 g/mol. The van der Waals surface area contributed by atoms with Crippen LogP contribution in [0, 0.1) is 0 Å². The minimum atomic E-state index is -5.00. The molecule has 0 saturated carbocycles. The maximum atomic E-state index is 13.1. The van der Waals surface area contributed by atoms with E-state index < -0.39 is 97.5 Å². The Hall–Kier alpha value is -4.80. The summed E-state index contributed by atoms with van der Waals surface area (Å²) in [5.74, 6) is -2.37. The average Bonchev–Trinajstić information content (AvgIpc) is 0.985. The Morgan fingerprint density at radius 2 is 0.570 bits per heavy atom. The van der Waals surface area contributed by atoms with Crippen molar-refractivity contribution in [1.29, 1.82) is 0 Å². The second-order valence-electron chi connectivity index (χ2n) is 25.2. The molecule has 0 radical (unpaired) electrons. The number of unbranched alkanes of at least 4 members (excludes halogenated alkanes) is 24. The summed E-state index contributed by atoms with van der Waals surface area (Å²) in [6, 6.07) is 0. The predicted octanol–water partition coefficient (Wildman–Crippen LogP) is 22.1. The lowest BCUT2D eigenvalue weighted by Crippen LogP contribution is -2.30. The van der Waals surface area contributed by atoms with Crippen LogP contribution in [0.1, 0.15) is 297 Å². The van der Waals surface area contributed by atoms with Crippen LogP contribution < -0.4 is 0 Å². The number of phosphoric acid groups is 2. The Kier molecular flexibility index (Phi) is 69.1. The van der Waals surface area contributed by atoms with Gasteiger partial charge in [-0.15, -0.1) is 0 Å². The number of rotatable bonds is 71. The van der Waals surface area contributed by atoms with E-state index in [-0.39, 0.29) is 25.7 Å². The summed E-state index contributed by atoms with van der Waals surface area (Å²) < 4.78 is 68.3. The quantitative estimate of drug-likeness (QED) is 0.0169. The second kappa shape index (κ2) is 72.5. The summed E-state index contributed by atoms with van der Waals surface area (Å²) in [4.78, 5) is 72.8. The van der Waals surface area contributed by atoms with Gasteiger partial charge in [-0.1, -0.05) is 290 Å². The zero-order chi connectivity index (χ0) is 73.2. The molecule has 0 saturated heterocycles.